The Kier molecular flexibility index (Phi) is 2.62. The van der Waals surface area contributed by atoms with Crippen molar-refractivity contribution in [3.05, 3.63) is 35.9 Å². The van der Waals surface area contributed by atoms with E-state index in [0.29, 0.717) is 10.5 Å². The molecule has 1 aromatic rings. The van der Waals surface area contributed by atoms with Gasteiger partial charge in [-0.3, -0.25) is 0 Å². The Morgan fingerprint density at radius 2 is 1.90 bits per heavy atom. The van der Waals surface area contributed by atoms with Crippen molar-refractivity contribution in [3.8, 4) is 0 Å². The minimum absolute atomic E-state index is 0.558. The molecule has 0 fully saturated rings. The minimum Gasteiger partial charge on any atom is -0.400 e. The first-order chi connectivity index (χ1) is 4.84. The van der Waals surface area contributed by atoms with E-state index in [2.05, 4.69) is 0 Å². The Morgan fingerprint density at radius 1 is 1.30 bits per heavy atom. The lowest BCUT2D eigenvalue weighted by molar-refractivity contribution is -0.0132. The van der Waals surface area contributed by atoms with Crippen LogP contribution in [0, 0.1) is 0 Å². The van der Waals surface area contributed by atoms with Crippen LogP contribution >= 0.6 is 0 Å². The smallest absolute Gasteiger partial charge is 0.170 e. The van der Waals surface area contributed by atoms with Crippen molar-refractivity contribution in [2.75, 3.05) is 0 Å². The van der Waals surface area contributed by atoms with Gasteiger partial charge in [-0.25, -0.2) is 0 Å². The van der Waals surface area contributed by atoms with Crippen molar-refractivity contribution >= 4 is 10.5 Å². The minimum atomic E-state index is -0.729. The van der Waals surface area contributed by atoms with Crippen LogP contribution in [0.25, 0.3) is 0 Å². The van der Waals surface area contributed by atoms with Crippen molar-refractivity contribution in [3.63, 3.8) is 0 Å². The van der Waals surface area contributed by atoms with E-state index in [-0.39, 0.29) is 0 Å². The second kappa shape index (κ2) is 3.51. The summed E-state index contributed by atoms with van der Waals surface area (Å²) in [4.78, 5) is 0. The van der Waals surface area contributed by atoms with Gasteiger partial charge in [0, 0.05) is 5.56 Å². The fourth-order valence-corrected chi connectivity index (χ4v) is 1.03. The highest BCUT2D eigenvalue weighted by Crippen LogP contribution is 2.10. The maximum atomic E-state index is 9.14. The monoisotopic (exact) mass is 154 g/mol. The molecule has 54 valence electrons. The standard InChI is InChI=1S/C7H10O2Si/c8-7(9-10)6-4-2-1-3-5-6/h1-5,7-8H,10H3. The molecule has 3 heteroatoms. The number of hydrogen-bond donors (Lipinski definition) is 1. The number of rotatable bonds is 2. The predicted molar refractivity (Wildman–Crippen MR) is 42.4 cm³/mol. The second-order valence-electron chi connectivity index (χ2n) is 2.00. The Balaban J connectivity index is 2.75. The fraction of sp³-hybridized carbons (Fsp3) is 0.143. The largest absolute Gasteiger partial charge is 0.400 e. The Hall–Kier alpha value is -0.643. The molecule has 0 aliphatic heterocycles. The van der Waals surface area contributed by atoms with E-state index in [9.17, 15) is 0 Å². The molecule has 1 N–H and O–H groups in total. The average Bonchev–Trinajstić information content (AvgIpc) is 2.05. The number of aliphatic hydroxyl groups excluding tert-OH is 1. The number of hydrogen-bond acceptors (Lipinski definition) is 2. The molecule has 1 atom stereocenters. The van der Waals surface area contributed by atoms with Crippen molar-refractivity contribution < 1.29 is 9.53 Å². The first kappa shape index (κ1) is 7.46. The SMILES string of the molecule is OC(O[SiH3])c1ccccc1. The highest BCUT2D eigenvalue weighted by Gasteiger charge is 2.00. The summed E-state index contributed by atoms with van der Waals surface area (Å²) in [6.07, 6.45) is -0.729. The van der Waals surface area contributed by atoms with Gasteiger partial charge in [-0.2, -0.15) is 0 Å². The Morgan fingerprint density at radius 3 is 2.40 bits per heavy atom. The van der Waals surface area contributed by atoms with Crippen LogP contribution in [0.1, 0.15) is 11.9 Å². The molecule has 0 saturated carbocycles. The molecule has 0 heterocycles. The number of aliphatic hydroxyl groups is 1. The van der Waals surface area contributed by atoms with Crippen LogP contribution < -0.4 is 0 Å². The lowest BCUT2D eigenvalue weighted by atomic mass is 10.2. The molecule has 0 spiro atoms. The summed E-state index contributed by atoms with van der Waals surface area (Å²) in [5.41, 5.74) is 0.817. The summed E-state index contributed by atoms with van der Waals surface area (Å²) in [6.45, 7) is 0. The Labute approximate surface area is 63.0 Å². The van der Waals surface area contributed by atoms with Crippen LogP contribution in [0.3, 0.4) is 0 Å². The van der Waals surface area contributed by atoms with Gasteiger partial charge in [0.2, 0.25) is 0 Å². The molecule has 1 aromatic carbocycles. The molecule has 0 saturated heterocycles. The third-order valence-corrected chi connectivity index (χ3v) is 1.75. The van der Waals surface area contributed by atoms with Crippen molar-refractivity contribution in [1.29, 1.82) is 0 Å². The average molecular weight is 154 g/mol. The first-order valence-electron chi connectivity index (χ1n) is 3.10. The molecule has 2 nitrogen and oxygen atoms in total. The van der Waals surface area contributed by atoms with Crippen LogP contribution in [0.2, 0.25) is 0 Å². The molecule has 0 amide bonds. The summed E-state index contributed by atoms with van der Waals surface area (Å²) < 4.78 is 4.83. The summed E-state index contributed by atoms with van der Waals surface area (Å²) >= 11 is 0. The second-order valence-corrected chi connectivity index (χ2v) is 2.47. The van der Waals surface area contributed by atoms with Crippen LogP contribution in [-0.4, -0.2) is 15.6 Å². The van der Waals surface area contributed by atoms with Gasteiger partial charge in [-0.05, 0) is 0 Å². The molecule has 10 heavy (non-hydrogen) atoms. The molecule has 0 aromatic heterocycles. The zero-order valence-corrected chi connectivity index (χ0v) is 7.82. The van der Waals surface area contributed by atoms with E-state index >= 15 is 0 Å². The van der Waals surface area contributed by atoms with Gasteiger partial charge in [0.15, 0.2) is 6.29 Å². The molecule has 1 rings (SSSR count). The molecule has 0 bridgehead atoms. The Bertz CT molecular complexity index is 188. The highest BCUT2D eigenvalue weighted by molar-refractivity contribution is 5.98. The van der Waals surface area contributed by atoms with Crippen molar-refractivity contribution in [1.82, 2.24) is 0 Å². The molecule has 0 aliphatic rings. The summed E-state index contributed by atoms with van der Waals surface area (Å²) in [5, 5.41) is 9.14. The summed E-state index contributed by atoms with van der Waals surface area (Å²) in [5.74, 6) is 0. The normalized spacial score (nSPS) is 13.3. The van der Waals surface area contributed by atoms with E-state index in [1.165, 1.54) is 0 Å². The molecule has 0 aliphatic carbocycles. The van der Waals surface area contributed by atoms with Gasteiger partial charge < -0.3 is 9.53 Å². The zero-order chi connectivity index (χ0) is 7.40. The maximum Gasteiger partial charge on any atom is 0.170 e. The predicted octanol–water partition coefficient (Wildman–Crippen LogP) is -0.0255. The summed E-state index contributed by atoms with van der Waals surface area (Å²) in [6, 6.07) is 9.33. The van der Waals surface area contributed by atoms with Crippen molar-refractivity contribution in [2.24, 2.45) is 0 Å². The number of benzene rings is 1. The first-order valence-corrected chi connectivity index (χ1v) is 3.92. The maximum absolute atomic E-state index is 9.14. The third-order valence-electron chi connectivity index (χ3n) is 1.31. The van der Waals surface area contributed by atoms with Crippen LogP contribution in [0.4, 0.5) is 0 Å². The molecular weight excluding hydrogens is 144 g/mol. The van der Waals surface area contributed by atoms with E-state index in [0.717, 1.165) is 5.56 Å². The topological polar surface area (TPSA) is 29.5 Å². The van der Waals surface area contributed by atoms with Crippen molar-refractivity contribution in [2.45, 2.75) is 6.29 Å². The van der Waals surface area contributed by atoms with Crippen LogP contribution in [-0.2, 0) is 4.43 Å². The zero-order valence-electron chi connectivity index (χ0n) is 5.82. The van der Waals surface area contributed by atoms with E-state index in [1.807, 2.05) is 30.3 Å². The lowest BCUT2D eigenvalue weighted by Gasteiger charge is -2.07. The third kappa shape index (κ3) is 1.67. The van der Waals surface area contributed by atoms with E-state index in [1.54, 1.807) is 0 Å². The van der Waals surface area contributed by atoms with Gasteiger partial charge >= 0.3 is 0 Å². The molecule has 1 unspecified atom stereocenters. The van der Waals surface area contributed by atoms with Crippen LogP contribution in [0.15, 0.2) is 30.3 Å². The molecular formula is C7H10O2Si. The van der Waals surface area contributed by atoms with E-state index in [4.69, 9.17) is 9.53 Å². The van der Waals surface area contributed by atoms with Crippen LogP contribution in [0.5, 0.6) is 0 Å². The van der Waals surface area contributed by atoms with E-state index < -0.39 is 6.29 Å². The van der Waals surface area contributed by atoms with Gasteiger partial charge in [0.05, 0.1) is 0 Å². The lowest BCUT2D eigenvalue weighted by Crippen LogP contribution is -1.99. The summed E-state index contributed by atoms with van der Waals surface area (Å²) in [7, 11) is 0.558. The van der Waals surface area contributed by atoms with Gasteiger partial charge in [-0.1, -0.05) is 30.3 Å². The van der Waals surface area contributed by atoms with Gasteiger partial charge in [0.1, 0.15) is 10.5 Å². The quantitative estimate of drug-likeness (QED) is 0.479. The molecule has 0 radical (unpaired) electrons. The van der Waals surface area contributed by atoms with Gasteiger partial charge in [-0.15, -0.1) is 0 Å². The fourth-order valence-electron chi connectivity index (χ4n) is 0.754. The van der Waals surface area contributed by atoms with Gasteiger partial charge in [0.25, 0.3) is 0 Å². The highest BCUT2D eigenvalue weighted by atomic mass is 28.2.